The molecule has 3 heterocycles. The summed E-state index contributed by atoms with van der Waals surface area (Å²) >= 11 is 12.6. The van der Waals surface area contributed by atoms with E-state index >= 15 is 0 Å². The van der Waals surface area contributed by atoms with E-state index in [1.165, 1.54) is 25.1 Å². The van der Waals surface area contributed by atoms with E-state index < -0.39 is 42.2 Å². The molecule has 210 valence electrons. The standard InChI is InChI=1S/C27H29Cl2F3N4O3/c1-26(39,16-3-2-4-17(30)9-16)25(38)34-7-5-20(6-8-34)35-12-19(13-35)33-18-10-21(28)23(22(29)11-18)24(37)36-14-27(31,32)15-36/h2-4,9-11,19-20,33,39H,5-8,12-15H2,1H3/t26-/m0/s1. The van der Waals surface area contributed by atoms with Crippen molar-refractivity contribution >= 4 is 40.7 Å². The first-order chi connectivity index (χ1) is 18.3. The van der Waals surface area contributed by atoms with Crippen LogP contribution in [-0.4, -0.2) is 88.9 Å². The van der Waals surface area contributed by atoms with E-state index in [-0.39, 0.29) is 33.3 Å². The third-order valence-electron chi connectivity index (χ3n) is 7.74. The Morgan fingerprint density at radius 3 is 2.23 bits per heavy atom. The molecule has 2 N–H and O–H groups in total. The van der Waals surface area contributed by atoms with Gasteiger partial charge in [-0.25, -0.2) is 13.2 Å². The number of alkyl halides is 2. The van der Waals surface area contributed by atoms with E-state index in [1.54, 1.807) is 23.1 Å². The smallest absolute Gasteiger partial charge is 0.282 e. The minimum atomic E-state index is -2.87. The van der Waals surface area contributed by atoms with Gasteiger partial charge in [-0.1, -0.05) is 35.3 Å². The second kappa shape index (κ2) is 10.5. The van der Waals surface area contributed by atoms with Crippen molar-refractivity contribution in [1.82, 2.24) is 14.7 Å². The molecule has 3 aliphatic heterocycles. The van der Waals surface area contributed by atoms with Crippen molar-refractivity contribution < 1.29 is 27.9 Å². The number of nitrogens with zero attached hydrogens (tertiary/aromatic N) is 3. The highest BCUT2D eigenvalue weighted by Gasteiger charge is 2.47. The molecule has 0 radical (unpaired) electrons. The molecule has 5 rings (SSSR count). The topological polar surface area (TPSA) is 76.1 Å². The minimum Gasteiger partial charge on any atom is -0.380 e. The Morgan fingerprint density at radius 2 is 1.67 bits per heavy atom. The van der Waals surface area contributed by atoms with Gasteiger partial charge in [0.25, 0.3) is 17.7 Å². The van der Waals surface area contributed by atoms with Crippen LogP contribution < -0.4 is 5.32 Å². The third kappa shape index (κ3) is 5.70. The van der Waals surface area contributed by atoms with Crippen molar-refractivity contribution in [2.45, 2.75) is 43.4 Å². The number of benzene rings is 2. The van der Waals surface area contributed by atoms with Crippen molar-refractivity contribution in [3.8, 4) is 0 Å². The van der Waals surface area contributed by atoms with Crippen LogP contribution in [0.2, 0.25) is 10.0 Å². The van der Waals surface area contributed by atoms with Crippen molar-refractivity contribution in [2.24, 2.45) is 0 Å². The first-order valence-electron chi connectivity index (χ1n) is 12.8. The van der Waals surface area contributed by atoms with Gasteiger partial charge in [-0.2, -0.15) is 0 Å². The Balaban J connectivity index is 1.11. The largest absolute Gasteiger partial charge is 0.380 e. The molecule has 39 heavy (non-hydrogen) atoms. The molecule has 2 aromatic rings. The van der Waals surface area contributed by atoms with E-state index in [9.17, 15) is 27.9 Å². The number of aliphatic hydroxyl groups is 1. The molecule has 1 atom stereocenters. The van der Waals surface area contributed by atoms with Crippen LogP contribution in [0.1, 0.15) is 35.7 Å². The maximum atomic E-state index is 13.6. The molecular formula is C27H29Cl2F3N4O3. The number of anilines is 1. The van der Waals surface area contributed by atoms with E-state index in [0.717, 1.165) is 30.8 Å². The van der Waals surface area contributed by atoms with Gasteiger partial charge in [0, 0.05) is 37.9 Å². The number of hydrogen-bond donors (Lipinski definition) is 2. The van der Waals surface area contributed by atoms with Crippen LogP contribution in [0.4, 0.5) is 18.9 Å². The highest BCUT2D eigenvalue weighted by atomic mass is 35.5. The van der Waals surface area contributed by atoms with Crippen LogP contribution in [0.5, 0.6) is 0 Å². The number of carbonyl (C=O) groups is 2. The number of piperidine rings is 1. The average molecular weight is 585 g/mol. The van der Waals surface area contributed by atoms with Gasteiger partial charge in [-0.05, 0) is 49.6 Å². The Labute approximate surface area is 234 Å². The molecule has 3 fully saturated rings. The summed E-state index contributed by atoms with van der Waals surface area (Å²) in [6.07, 6.45) is 1.50. The molecule has 2 amide bonds. The molecule has 3 aliphatic rings. The van der Waals surface area contributed by atoms with Crippen LogP contribution in [0.3, 0.4) is 0 Å². The highest BCUT2D eigenvalue weighted by molar-refractivity contribution is 6.40. The molecule has 0 aromatic heterocycles. The number of rotatable bonds is 6. The van der Waals surface area contributed by atoms with Crippen LogP contribution in [0, 0.1) is 5.82 Å². The average Bonchev–Trinajstić information content (AvgIpc) is 2.83. The monoisotopic (exact) mass is 584 g/mol. The first-order valence-corrected chi connectivity index (χ1v) is 13.5. The second-order valence-electron chi connectivity index (χ2n) is 10.7. The highest BCUT2D eigenvalue weighted by Crippen LogP contribution is 2.35. The van der Waals surface area contributed by atoms with Crippen LogP contribution in [0.15, 0.2) is 36.4 Å². The minimum absolute atomic E-state index is 0.0207. The molecule has 0 spiro atoms. The Morgan fingerprint density at radius 1 is 1.05 bits per heavy atom. The SMILES string of the molecule is C[C@@](O)(C(=O)N1CCC(N2CC(Nc3cc(Cl)c(C(=O)N4CC(F)(F)C4)c(Cl)c3)C2)CC1)c1cccc(F)c1. The van der Waals surface area contributed by atoms with Crippen molar-refractivity contribution in [2.75, 3.05) is 44.6 Å². The quantitative estimate of drug-likeness (QED) is 0.532. The maximum Gasteiger partial charge on any atom is 0.282 e. The molecule has 2 aromatic carbocycles. The molecule has 0 bridgehead atoms. The van der Waals surface area contributed by atoms with Crippen LogP contribution in [0.25, 0.3) is 0 Å². The predicted octanol–water partition coefficient (Wildman–Crippen LogP) is 4.22. The van der Waals surface area contributed by atoms with Crippen molar-refractivity contribution in [3.05, 3.63) is 63.4 Å². The summed E-state index contributed by atoms with van der Waals surface area (Å²) in [7, 11) is 0. The maximum absolute atomic E-state index is 13.6. The number of halogens is 5. The summed E-state index contributed by atoms with van der Waals surface area (Å²) in [5.41, 5.74) is -0.914. The zero-order valence-electron chi connectivity index (χ0n) is 21.3. The molecule has 0 saturated carbocycles. The summed E-state index contributed by atoms with van der Waals surface area (Å²) in [6.45, 7) is 2.62. The molecule has 0 unspecified atom stereocenters. The van der Waals surface area contributed by atoms with E-state index in [2.05, 4.69) is 10.2 Å². The van der Waals surface area contributed by atoms with E-state index in [0.29, 0.717) is 18.8 Å². The van der Waals surface area contributed by atoms with Gasteiger partial charge in [-0.3, -0.25) is 14.5 Å². The van der Waals surface area contributed by atoms with E-state index in [1.807, 2.05) is 0 Å². The molecule has 0 aliphatic carbocycles. The lowest BCUT2D eigenvalue weighted by atomic mass is 9.92. The van der Waals surface area contributed by atoms with Crippen molar-refractivity contribution in [1.29, 1.82) is 0 Å². The Kier molecular flexibility index (Phi) is 7.52. The number of hydrogen-bond acceptors (Lipinski definition) is 5. The fourth-order valence-corrected chi connectivity index (χ4v) is 6.12. The van der Waals surface area contributed by atoms with Gasteiger partial charge in [0.15, 0.2) is 5.60 Å². The van der Waals surface area contributed by atoms with Gasteiger partial charge in [0.1, 0.15) is 5.82 Å². The molecule has 12 heteroatoms. The van der Waals surface area contributed by atoms with E-state index in [4.69, 9.17) is 23.2 Å². The Hall–Kier alpha value is -2.53. The van der Waals surface area contributed by atoms with Gasteiger partial charge < -0.3 is 20.2 Å². The van der Waals surface area contributed by atoms with Gasteiger partial charge in [-0.15, -0.1) is 0 Å². The lowest BCUT2D eigenvalue weighted by molar-refractivity contribution is -0.152. The first kappa shape index (κ1) is 28.0. The normalized spacial score (nSPS) is 21.6. The number of carbonyl (C=O) groups excluding carboxylic acids is 2. The second-order valence-corrected chi connectivity index (χ2v) is 11.5. The summed E-state index contributed by atoms with van der Waals surface area (Å²) in [6, 6.07) is 9.03. The fourth-order valence-electron chi connectivity index (χ4n) is 5.47. The zero-order valence-corrected chi connectivity index (χ0v) is 22.8. The lowest BCUT2D eigenvalue weighted by Crippen LogP contribution is -2.61. The van der Waals surface area contributed by atoms with Crippen LogP contribution >= 0.6 is 23.2 Å². The molecule has 3 saturated heterocycles. The van der Waals surface area contributed by atoms with Crippen molar-refractivity contribution in [3.63, 3.8) is 0 Å². The lowest BCUT2D eigenvalue weighted by Gasteiger charge is -2.48. The number of amides is 2. The molecule has 7 nitrogen and oxygen atoms in total. The zero-order chi connectivity index (χ0) is 28.1. The summed E-state index contributed by atoms with van der Waals surface area (Å²) in [4.78, 5) is 30.5. The van der Waals surface area contributed by atoms with Gasteiger partial charge >= 0.3 is 0 Å². The van der Waals surface area contributed by atoms with Gasteiger partial charge in [0.2, 0.25) is 0 Å². The summed E-state index contributed by atoms with van der Waals surface area (Å²) in [5, 5.41) is 14.4. The Bertz CT molecular complexity index is 1250. The predicted molar refractivity (Wildman–Crippen MR) is 142 cm³/mol. The van der Waals surface area contributed by atoms with Gasteiger partial charge in [0.05, 0.1) is 34.7 Å². The van der Waals surface area contributed by atoms with Crippen LogP contribution in [-0.2, 0) is 10.4 Å². The number of nitrogens with one attached hydrogen (secondary N) is 1. The third-order valence-corrected chi connectivity index (χ3v) is 8.34. The summed E-state index contributed by atoms with van der Waals surface area (Å²) in [5.74, 6) is -4.43. The molecular weight excluding hydrogens is 556 g/mol. The number of likely N-dealkylation sites (tertiary alicyclic amines) is 3. The summed E-state index contributed by atoms with van der Waals surface area (Å²) < 4.78 is 39.9. The fraction of sp³-hybridized carbons (Fsp3) is 0.481.